The van der Waals surface area contributed by atoms with E-state index in [0.717, 1.165) is 31.7 Å². The molecule has 2 heterocycles. The van der Waals surface area contributed by atoms with Crippen LogP contribution in [0.2, 0.25) is 0 Å². The summed E-state index contributed by atoms with van der Waals surface area (Å²) >= 11 is 0. The van der Waals surface area contributed by atoms with Crippen molar-refractivity contribution in [2.75, 3.05) is 19.6 Å². The Kier molecular flexibility index (Phi) is 5.90. The summed E-state index contributed by atoms with van der Waals surface area (Å²) in [6.45, 7) is 3.49. The average Bonchev–Trinajstić information content (AvgIpc) is 3.17. The normalized spacial score (nSPS) is 17.1. The van der Waals surface area contributed by atoms with Crippen molar-refractivity contribution in [1.82, 2.24) is 9.62 Å². The molecule has 1 atom stereocenters. The lowest BCUT2D eigenvalue weighted by Gasteiger charge is -2.33. The minimum Gasteiger partial charge on any atom is -0.468 e. The number of carbonyl (C=O) groups is 1. The molecule has 1 aromatic heterocycles. The third kappa shape index (κ3) is 4.41. The van der Waals surface area contributed by atoms with Crippen LogP contribution in [0.5, 0.6) is 0 Å². The number of sulfonamides is 1. The number of carbonyl (C=O) groups excluding carboxylic acids is 1. The minimum absolute atomic E-state index is 0.0991. The smallest absolute Gasteiger partial charge is 0.240 e. The van der Waals surface area contributed by atoms with E-state index < -0.39 is 10.0 Å². The van der Waals surface area contributed by atoms with Gasteiger partial charge in [-0.15, -0.1) is 0 Å². The van der Waals surface area contributed by atoms with E-state index in [1.807, 2.05) is 12.1 Å². The van der Waals surface area contributed by atoms with Gasteiger partial charge in [0.2, 0.25) is 10.0 Å². The van der Waals surface area contributed by atoms with Crippen molar-refractivity contribution >= 4 is 15.8 Å². The molecule has 0 aliphatic carbocycles. The zero-order chi connectivity index (χ0) is 18.6. The van der Waals surface area contributed by atoms with Crippen LogP contribution >= 0.6 is 0 Å². The van der Waals surface area contributed by atoms with E-state index in [1.165, 1.54) is 25.5 Å². The lowest BCUT2D eigenvalue weighted by Crippen LogP contribution is -2.40. The molecule has 0 unspecified atom stereocenters. The molecule has 1 saturated heterocycles. The van der Waals surface area contributed by atoms with E-state index in [9.17, 15) is 13.2 Å². The Bertz CT molecular complexity index is 840. The van der Waals surface area contributed by atoms with Gasteiger partial charge in [0.15, 0.2) is 5.78 Å². The lowest BCUT2D eigenvalue weighted by molar-refractivity contribution is 0.101. The molecule has 3 rings (SSSR count). The van der Waals surface area contributed by atoms with Crippen molar-refractivity contribution in [1.29, 1.82) is 0 Å². The zero-order valence-electron chi connectivity index (χ0n) is 14.8. The predicted octanol–water partition coefficient (Wildman–Crippen LogP) is 2.99. The van der Waals surface area contributed by atoms with Crippen molar-refractivity contribution in [2.24, 2.45) is 0 Å². The van der Waals surface area contributed by atoms with E-state index in [-0.39, 0.29) is 23.3 Å². The monoisotopic (exact) mass is 376 g/mol. The van der Waals surface area contributed by atoms with Gasteiger partial charge in [0.05, 0.1) is 17.2 Å². The molecular weight excluding hydrogens is 352 g/mol. The number of hydrogen-bond acceptors (Lipinski definition) is 5. The fourth-order valence-electron chi connectivity index (χ4n) is 3.27. The van der Waals surface area contributed by atoms with E-state index in [2.05, 4.69) is 9.62 Å². The van der Waals surface area contributed by atoms with Crippen molar-refractivity contribution in [3.8, 4) is 0 Å². The SMILES string of the molecule is CC(=O)c1cccc(S(=O)(=O)NC[C@H](c2ccco2)N2CCCCC2)c1. The summed E-state index contributed by atoms with van der Waals surface area (Å²) in [7, 11) is -3.71. The van der Waals surface area contributed by atoms with Crippen LogP contribution in [-0.4, -0.2) is 38.7 Å². The molecule has 140 valence electrons. The fourth-order valence-corrected chi connectivity index (χ4v) is 4.36. The van der Waals surface area contributed by atoms with Crippen LogP contribution in [0.25, 0.3) is 0 Å². The third-order valence-corrected chi connectivity index (χ3v) is 6.14. The highest BCUT2D eigenvalue weighted by atomic mass is 32.2. The van der Waals surface area contributed by atoms with Crippen LogP contribution in [0.3, 0.4) is 0 Å². The van der Waals surface area contributed by atoms with Crippen LogP contribution in [0.4, 0.5) is 0 Å². The second-order valence-electron chi connectivity index (χ2n) is 6.56. The number of benzene rings is 1. The number of furan rings is 1. The number of Topliss-reactive ketones (excluding diaryl/α,β-unsaturated/α-hetero) is 1. The summed E-state index contributed by atoms with van der Waals surface area (Å²) in [6.07, 6.45) is 5.01. The average molecular weight is 376 g/mol. The molecule has 1 aromatic carbocycles. The van der Waals surface area contributed by atoms with Crippen LogP contribution in [-0.2, 0) is 10.0 Å². The molecule has 0 amide bonds. The topological polar surface area (TPSA) is 79.6 Å². The van der Waals surface area contributed by atoms with E-state index in [0.29, 0.717) is 5.56 Å². The Morgan fingerprint density at radius 2 is 1.96 bits per heavy atom. The summed E-state index contributed by atoms with van der Waals surface area (Å²) in [6, 6.07) is 9.66. The zero-order valence-corrected chi connectivity index (χ0v) is 15.7. The third-order valence-electron chi connectivity index (χ3n) is 4.72. The Labute approximate surface area is 154 Å². The summed E-state index contributed by atoms with van der Waals surface area (Å²) in [5, 5.41) is 0. The van der Waals surface area contributed by atoms with Gasteiger partial charge in [-0.25, -0.2) is 13.1 Å². The molecular formula is C19H24N2O4S. The van der Waals surface area contributed by atoms with Gasteiger partial charge in [0, 0.05) is 12.1 Å². The molecule has 1 N–H and O–H groups in total. The van der Waals surface area contributed by atoms with Crippen LogP contribution in [0, 0.1) is 0 Å². The molecule has 0 bridgehead atoms. The van der Waals surface area contributed by atoms with E-state index >= 15 is 0 Å². The van der Waals surface area contributed by atoms with Gasteiger partial charge in [0.1, 0.15) is 5.76 Å². The number of piperidine rings is 1. The molecule has 0 radical (unpaired) electrons. The number of hydrogen-bond donors (Lipinski definition) is 1. The Morgan fingerprint density at radius 1 is 1.19 bits per heavy atom. The number of ketones is 1. The quantitative estimate of drug-likeness (QED) is 0.752. The molecule has 0 saturated carbocycles. The second kappa shape index (κ2) is 8.16. The van der Waals surface area contributed by atoms with Crippen molar-refractivity contribution in [3.63, 3.8) is 0 Å². The Hall–Kier alpha value is -1.96. The fraction of sp³-hybridized carbons (Fsp3) is 0.421. The second-order valence-corrected chi connectivity index (χ2v) is 8.33. The highest BCUT2D eigenvalue weighted by Crippen LogP contribution is 2.25. The van der Waals surface area contributed by atoms with Crippen molar-refractivity contribution in [2.45, 2.75) is 37.1 Å². The van der Waals surface area contributed by atoms with Gasteiger partial charge in [-0.05, 0) is 57.1 Å². The summed E-state index contributed by atoms with van der Waals surface area (Å²) < 4.78 is 33.6. The first kappa shape index (κ1) is 18.8. The highest BCUT2D eigenvalue weighted by molar-refractivity contribution is 7.89. The number of nitrogens with one attached hydrogen (secondary N) is 1. The maximum Gasteiger partial charge on any atom is 0.240 e. The molecule has 2 aromatic rings. The first-order valence-corrected chi connectivity index (χ1v) is 10.3. The molecule has 1 fully saturated rings. The van der Waals surface area contributed by atoms with Gasteiger partial charge in [0.25, 0.3) is 0 Å². The predicted molar refractivity (Wildman–Crippen MR) is 98.5 cm³/mol. The van der Waals surface area contributed by atoms with Gasteiger partial charge >= 0.3 is 0 Å². The summed E-state index contributed by atoms with van der Waals surface area (Å²) in [5.74, 6) is 0.593. The van der Waals surface area contributed by atoms with Crippen molar-refractivity contribution < 1.29 is 17.6 Å². The Balaban J connectivity index is 1.77. The van der Waals surface area contributed by atoms with E-state index in [1.54, 1.807) is 18.4 Å². The largest absolute Gasteiger partial charge is 0.468 e. The minimum atomic E-state index is -3.71. The van der Waals surface area contributed by atoms with Crippen LogP contribution in [0.15, 0.2) is 52.0 Å². The Morgan fingerprint density at radius 3 is 2.62 bits per heavy atom. The van der Waals surface area contributed by atoms with Gasteiger partial charge in [-0.3, -0.25) is 9.69 Å². The standard InChI is InChI=1S/C19H24N2O4S/c1-15(22)16-7-5-8-17(13-16)26(23,24)20-14-18(19-9-6-12-25-19)21-10-3-2-4-11-21/h5-9,12-13,18,20H,2-4,10-11,14H2,1H3/t18-/m1/s1. The van der Waals surface area contributed by atoms with Crippen LogP contribution < -0.4 is 4.72 Å². The maximum absolute atomic E-state index is 12.7. The lowest BCUT2D eigenvalue weighted by atomic mass is 10.1. The van der Waals surface area contributed by atoms with Gasteiger partial charge in [-0.1, -0.05) is 18.6 Å². The molecule has 0 spiro atoms. The molecule has 26 heavy (non-hydrogen) atoms. The highest BCUT2D eigenvalue weighted by Gasteiger charge is 2.26. The van der Waals surface area contributed by atoms with E-state index in [4.69, 9.17) is 4.42 Å². The first-order valence-electron chi connectivity index (χ1n) is 8.85. The van der Waals surface area contributed by atoms with Crippen LogP contribution in [0.1, 0.15) is 48.3 Å². The number of rotatable bonds is 7. The van der Waals surface area contributed by atoms with Crippen molar-refractivity contribution in [3.05, 3.63) is 54.0 Å². The summed E-state index contributed by atoms with van der Waals surface area (Å²) in [4.78, 5) is 13.9. The van der Waals surface area contributed by atoms with Gasteiger partial charge < -0.3 is 4.42 Å². The first-order chi connectivity index (χ1) is 12.5. The number of likely N-dealkylation sites (tertiary alicyclic amines) is 1. The number of nitrogens with zero attached hydrogens (tertiary/aromatic N) is 1. The molecule has 1 aliphatic rings. The molecule has 6 nitrogen and oxygen atoms in total. The van der Waals surface area contributed by atoms with Gasteiger partial charge in [-0.2, -0.15) is 0 Å². The maximum atomic E-state index is 12.7. The molecule has 1 aliphatic heterocycles. The summed E-state index contributed by atoms with van der Waals surface area (Å²) in [5.41, 5.74) is 0.381. The molecule has 7 heteroatoms.